The van der Waals surface area contributed by atoms with Gasteiger partial charge < -0.3 is 9.63 Å². The molecule has 0 spiro atoms. The van der Waals surface area contributed by atoms with Gasteiger partial charge in [-0.05, 0) is 31.5 Å². The molecule has 7 nitrogen and oxygen atoms in total. The third-order valence-corrected chi connectivity index (χ3v) is 4.17. The molecule has 0 aliphatic carbocycles. The number of carboxylic acid groups (broad SMARTS) is 1. The molecule has 0 unspecified atom stereocenters. The molecule has 0 fully saturated rings. The minimum absolute atomic E-state index is 0.0923. The third-order valence-electron chi connectivity index (χ3n) is 2.96. The van der Waals surface area contributed by atoms with Crippen molar-refractivity contribution in [2.75, 3.05) is 4.72 Å². The van der Waals surface area contributed by atoms with Gasteiger partial charge in [0.25, 0.3) is 0 Å². The summed E-state index contributed by atoms with van der Waals surface area (Å²) in [6, 6.07) is 5.64. The van der Waals surface area contributed by atoms with Gasteiger partial charge in [-0.3, -0.25) is 4.72 Å². The molecule has 8 heteroatoms. The Morgan fingerprint density at radius 1 is 1.29 bits per heavy atom. The van der Waals surface area contributed by atoms with Crippen molar-refractivity contribution < 1.29 is 22.8 Å². The van der Waals surface area contributed by atoms with Gasteiger partial charge in [-0.15, -0.1) is 0 Å². The summed E-state index contributed by atoms with van der Waals surface area (Å²) in [7, 11) is -3.66. The first-order valence-electron chi connectivity index (χ1n) is 6.04. The highest BCUT2D eigenvalue weighted by atomic mass is 32.2. The van der Waals surface area contributed by atoms with Crippen molar-refractivity contribution in [1.82, 2.24) is 5.16 Å². The van der Waals surface area contributed by atoms with E-state index in [4.69, 9.17) is 9.63 Å². The number of hydrogen-bond acceptors (Lipinski definition) is 5. The number of benzene rings is 1. The van der Waals surface area contributed by atoms with Crippen LogP contribution in [0.4, 0.5) is 5.88 Å². The van der Waals surface area contributed by atoms with Gasteiger partial charge in [0.2, 0.25) is 15.9 Å². The highest BCUT2D eigenvalue weighted by Gasteiger charge is 2.17. The molecule has 0 amide bonds. The van der Waals surface area contributed by atoms with Crippen LogP contribution in [0.25, 0.3) is 0 Å². The van der Waals surface area contributed by atoms with Crippen LogP contribution >= 0.6 is 0 Å². The van der Waals surface area contributed by atoms with Crippen LogP contribution in [-0.4, -0.2) is 24.7 Å². The zero-order valence-corrected chi connectivity index (χ0v) is 12.3. The van der Waals surface area contributed by atoms with E-state index in [2.05, 4.69) is 9.88 Å². The lowest BCUT2D eigenvalue weighted by molar-refractivity contribution is 0.0697. The van der Waals surface area contributed by atoms with Gasteiger partial charge in [0.15, 0.2) is 0 Å². The number of aryl methyl sites for hydroxylation is 1. The summed E-state index contributed by atoms with van der Waals surface area (Å²) in [5, 5.41) is 12.5. The number of aromatic nitrogens is 1. The fourth-order valence-electron chi connectivity index (χ4n) is 1.65. The van der Waals surface area contributed by atoms with Crippen LogP contribution in [0.2, 0.25) is 0 Å². The topological polar surface area (TPSA) is 110 Å². The van der Waals surface area contributed by atoms with Gasteiger partial charge in [0.1, 0.15) is 0 Å². The van der Waals surface area contributed by atoms with Gasteiger partial charge >= 0.3 is 5.97 Å². The summed E-state index contributed by atoms with van der Waals surface area (Å²) >= 11 is 0. The molecule has 21 heavy (non-hydrogen) atoms. The van der Waals surface area contributed by atoms with E-state index in [1.807, 2.05) is 0 Å². The Kier molecular flexibility index (Phi) is 3.99. The molecule has 2 rings (SSSR count). The Morgan fingerprint density at radius 2 is 1.90 bits per heavy atom. The van der Waals surface area contributed by atoms with Crippen LogP contribution in [0.5, 0.6) is 0 Å². The molecule has 0 aliphatic heterocycles. The molecule has 1 aromatic heterocycles. The molecular weight excluding hydrogens is 296 g/mol. The molecule has 0 radical (unpaired) electrons. The van der Waals surface area contributed by atoms with Crippen molar-refractivity contribution in [3.63, 3.8) is 0 Å². The monoisotopic (exact) mass is 310 g/mol. The number of anilines is 1. The van der Waals surface area contributed by atoms with E-state index in [1.54, 1.807) is 13.8 Å². The quantitative estimate of drug-likeness (QED) is 0.873. The summed E-state index contributed by atoms with van der Waals surface area (Å²) in [4.78, 5) is 10.7. The second kappa shape index (κ2) is 5.57. The molecule has 0 bridgehead atoms. The zero-order valence-electron chi connectivity index (χ0n) is 11.5. The van der Waals surface area contributed by atoms with Crippen molar-refractivity contribution in [3.05, 3.63) is 46.6 Å². The lowest BCUT2D eigenvalue weighted by atomic mass is 10.1. The number of nitrogens with one attached hydrogen (secondary N) is 1. The van der Waals surface area contributed by atoms with E-state index in [-0.39, 0.29) is 17.2 Å². The van der Waals surface area contributed by atoms with Gasteiger partial charge in [-0.2, -0.15) is 0 Å². The molecule has 112 valence electrons. The van der Waals surface area contributed by atoms with Gasteiger partial charge in [-0.25, -0.2) is 13.2 Å². The fraction of sp³-hybridized carbons (Fsp3) is 0.231. The van der Waals surface area contributed by atoms with Gasteiger partial charge in [-0.1, -0.05) is 17.3 Å². The molecule has 2 aromatic rings. The largest absolute Gasteiger partial charge is 0.478 e. The molecule has 0 saturated heterocycles. The standard InChI is InChI=1S/C13H14N2O5S/c1-8-9(2)14-20-12(8)15-21(18,19)7-10-3-5-11(6-4-10)13(16)17/h3-6,15H,7H2,1-2H3,(H,16,17). The number of rotatable bonds is 5. The van der Waals surface area contributed by atoms with E-state index in [0.717, 1.165) is 0 Å². The molecule has 0 saturated carbocycles. The van der Waals surface area contributed by atoms with Crippen LogP contribution in [0, 0.1) is 13.8 Å². The van der Waals surface area contributed by atoms with Crippen LogP contribution < -0.4 is 4.72 Å². The minimum atomic E-state index is -3.66. The average Bonchev–Trinajstić information content (AvgIpc) is 2.70. The van der Waals surface area contributed by atoms with Crippen molar-refractivity contribution in [2.24, 2.45) is 0 Å². The third kappa shape index (κ3) is 3.60. The SMILES string of the molecule is Cc1noc(NS(=O)(=O)Cc2ccc(C(=O)O)cc2)c1C. The lowest BCUT2D eigenvalue weighted by Crippen LogP contribution is -2.15. The average molecular weight is 310 g/mol. The molecular formula is C13H14N2O5S. The molecule has 2 N–H and O–H groups in total. The summed E-state index contributed by atoms with van der Waals surface area (Å²) in [5.74, 6) is -1.25. The second-order valence-electron chi connectivity index (χ2n) is 4.59. The Morgan fingerprint density at radius 3 is 2.38 bits per heavy atom. The van der Waals surface area contributed by atoms with Crippen LogP contribution in [-0.2, 0) is 15.8 Å². The fourth-order valence-corrected chi connectivity index (χ4v) is 2.83. The molecule has 0 atom stereocenters. The molecule has 1 aromatic carbocycles. The Hall–Kier alpha value is -2.35. The van der Waals surface area contributed by atoms with E-state index in [1.165, 1.54) is 24.3 Å². The maximum Gasteiger partial charge on any atom is 0.335 e. The Bertz CT molecular complexity index is 762. The predicted molar refractivity (Wildman–Crippen MR) is 75.6 cm³/mol. The number of sulfonamides is 1. The van der Waals surface area contributed by atoms with Gasteiger partial charge in [0, 0.05) is 5.56 Å². The number of hydrogen-bond donors (Lipinski definition) is 2. The first kappa shape index (κ1) is 15.0. The van der Waals surface area contributed by atoms with Crippen LogP contribution in [0.3, 0.4) is 0 Å². The number of carboxylic acids is 1. The zero-order chi connectivity index (χ0) is 15.6. The van der Waals surface area contributed by atoms with Crippen molar-refractivity contribution in [1.29, 1.82) is 0 Å². The van der Waals surface area contributed by atoms with Crippen molar-refractivity contribution in [2.45, 2.75) is 19.6 Å². The molecule has 1 heterocycles. The summed E-state index contributed by atoms with van der Waals surface area (Å²) in [6.07, 6.45) is 0. The second-order valence-corrected chi connectivity index (χ2v) is 6.31. The normalized spacial score (nSPS) is 11.3. The molecule has 0 aliphatic rings. The summed E-state index contributed by atoms with van der Waals surface area (Å²) in [6.45, 7) is 3.41. The summed E-state index contributed by atoms with van der Waals surface area (Å²) < 4.78 is 31.3. The maximum atomic E-state index is 12.0. The smallest absolute Gasteiger partial charge is 0.335 e. The van der Waals surface area contributed by atoms with E-state index < -0.39 is 16.0 Å². The van der Waals surface area contributed by atoms with Gasteiger partial charge in [0.05, 0.1) is 17.0 Å². The van der Waals surface area contributed by atoms with E-state index >= 15 is 0 Å². The first-order chi connectivity index (χ1) is 9.78. The van der Waals surface area contributed by atoms with Crippen molar-refractivity contribution in [3.8, 4) is 0 Å². The minimum Gasteiger partial charge on any atom is -0.478 e. The van der Waals surface area contributed by atoms with Crippen molar-refractivity contribution >= 4 is 21.9 Å². The van der Waals surface area contributed by atoms with Crippen LogP contribution in [0.15, 0.2) is 28.8 Å². The Labute approximate surface area is 121 Å². The van der Waals surface area contributed by atoms with E-state index in [9.17, 15) is 13.2 Å². The summed E-state index contributed by atoms with van der Waals surface area (Å²) in [5.41, 5.74) is 1.81. The number of carbonyl (C=O) groups is 1. The Balaban J connectivity index is 2.14. The number of nitrogens with zero attached hydrogens (tertiary/aromatic N) is 1. The highest BCUT2D eigenvalue weighted by Crippen LogP contribution is 2.20. The number of aromatic carboxylic acids is 1. The maximum absolute atomic E-state index is 12.0. The van der Waals surface area contributed by atoms with E-state index in [0.29, 0.717) is 16.8 Å². The lowest BCUT2D eigenvalue weighted by Gasteiger charge is -2.06. The highest BCUT2D eigenvalue weighted by molar-refractivity contribution is 7.91. The first-order valence-corrected chi connectivity index (χ1v) is 7.69. The predicted octanol–water partition coefficient (Wildman–Crippen LogP) is 1.93. The van der Waals surface area contributed by atoms with Crippen LogP contribution in [0.1, 0.15) is 27.2 Å².